The summed E-state index contributed by atoms with van der Waals surface area (Å²) in [5.74, 6) is 1.78. The van der Waals surface area contributed by atoms with Gasteiger partial charge < -0.3 is 9.47 Å². The van der Waals surface area contributed by atoms with Gasteiger partial charge in [-0.05, 0) is 53.8 Å². The molecule has 0 N–H and O–H groups in total. The van der Waals surface area contributed by atoms with Gasteiger partial charge in [0.05, 0.1) is 14.2 Å². The third-order valence-corrected chi connectivity index (χ3v) is 3.63. The van der Waals surface area contributed by atoms with Gasteiger partial charge in [-0.3, -0.25) is 0 Å². The minimum absolute atomic E-state index is 0.785. The zero-order chi connectivity index (χ0) is 15.2. The molecule has 0 bridgehead atoms. The van der Waals surface area contributed by atoms with Crippen LogP contribution in [0.3, 0.4) is 0 Å². The smallest absolute Gasteiger partial charge is 0.126 e. The Morgan fingerprint density at radius 2 is 1.71 bits per heavy atom. The molecule has 0 aromatic heterocycles. The van der Waals surface area contributed by atoms with E-state index in [2.05, 4.69) is 37.8 Å². The summed E-state index contributed by atoms with van der Waals surface area (Å²) < 4.78 is 10.9. The van der Waals surface area contributed by atoms with Crippen molar-refractivity contribution < 1.29 is 9.47 Å². The van der Waals surface area contributed by atoms with Crippen LogP contribution in [0.4, 0.5) is 0 Å². The zero-order valence-electron chi connectivity index (χ0n) is 13.0. The van der Waals surface area contributed by atoms with Crippen LogP contribution in [0.25, 0.3) is 11.1 Å². The van der Waals surface area contributed by atoms with Gasteiger partial charge in [-0.2, -0.15) is 0 Å². The average molecular weight is 282 g/mol. The van der Waals surface area contributed by atoms with E-state index in [-0.39, 0.29) is 0 Å². The van der Waals surface area contributed by atoms with Crippen LogP contribution >= 0.6 is 0 Å². The van der Waals surface area contributed by atoms with Gasteiger partial charge in [0.1, 0.15) is 11.5 Å². The first-order valence-electron chi connectivity index (χ1n) is 7.18. The Bertz CT molecular complexity index is 629. The van der Waals surface area contributed by atoms with E-state index in [1.54, 1.807) is 14.2 Å². The largest absolute Gasteiger partial charge is 0.496 e. The van der Waals surface area contributed by atoms with Gasteiger partial charge in [0, 0.05) is 5.56 Å². The SMILES string of the molecule is C=CCc1cc(-c2cc(CC)ccc2OC)ccc1OC. The van der Waals surface area contributed by atoms with Gasteiger partial charge in [0.2, 0.25) is 0 Å². The lowest BCUT2D eigenvalue weighted by molar-refractivity contribution is 0.410. The molecule has 2 nitrogen and oxygen atoms in total. The summed E-state index contributed by atoms with van der Waals surface area (Å²) in [4.78, 5) is 0. The Balaban J connectivity index is 2.55. The van der Waals surface area contributed by atoms with E-state index < -0.39 is 0 Å². The van der Waals surface area contributed by atoms with Crippen molar-refractivity contribution in [2.75, 3.05) is 14.2 Å². The van der Waals surface area contributed by atoms with E-state index in [0.29, 0.717) is 0 Å². The minimum atomic E-state index is 0.785. The number of methoxy groups -OCH3 is 2. The molecule has 0 radical (unpaired) electrons. The Hall–Kier alpha value is -2.22. The molecule has 2 heteroatoms. The van der Waals surface area contributed by atoms with Crippen LogP contribution in [0.15, 0.2) is 49.1 Å². The van der Waals surface area contributed by atoms with E-state index in [0.717, 1.165) is 41.0 Å². The lowest BCUT2D eigenvalue weighted by atomic mass is 9.98. The second-order valence-electron chi connectivity index (χ2n) is 4.91. The third kappa shape index (κ3) is 3.27. The number of aryl methyl sites for hydroxylation is 1. The Labute approximate surface area is 127 Å². The number of hydrogen-bond donors (Lipinski definition) is 0. The first-order chi connectivity index (χ1) is 10.2. The zero-order valence-corrected chi connectivity index (χ0v) is 13.0. The van der Waals surface area contributed by atoms with Crippen LogP contribution in [0.1, 0.15) is 18.1 Å². The Kier molecular flexibility index (Phi) is 5.04. The normalized spacial score (nSPS) is 10.2. The lowest BCUT2D eigenvalue weighted by Gasteiger charge is -2.13. The molecule has 21 heavy (non-hydrogen) atoms. The molecule has 2 rings (SSSR count). The fourth-order valence-electron chi connectivity index (χ4n) is 2.46. The summed E-state index contributed by atoms with van der Waals surface area (Å²) in [6, 6.07) is 12.6. The molecule has 0 aliphatic carbocycles. The molecule has 0 heterocycles. The van der Waals surface area contributed by atoms with Crippen molar-refractivity contribution in [2.45, 2.75) is 19.8 Å². The molecule has 0 aliphatic heterocycles. The molecule has 0 amide bonds. The molecular formula is C19H22O2. The standard InChI is InChI=1S/C19H22O2/c1-5-7-16-13-15(9-11-18(16)20-3)17-12-14(6-2)8-10-19(17)21-4/h5,8-13H,1,6-7H2,2-4H3. The van der Waals surface area contributed by atoms with Crippen molar-refractivity contribution in [2.24, 2.45) is 0 Å². The molecule has 0 saturated heterocycles. The third-order valence-electron chi connectivity index (χ3n) is 3.63. The minimum Gasteiger partial charge on any atom is -0.496 e. The predicted octanol–water partition coefficient (Wildman–Crippen LogP) is 4.66. The van der Waals surface area contributed by atoms with Crippen LogP contribution in [-0.4, -0.2) is 14.2 Å². The fraction of sp³-hybridized carbons (Fsp3) is 0.263. The predicted molar refractivity (Wildman–Crippen MR) is 88.3 cm³/mol. The van der Waals surface area contributed by atoms with Crippen LogP contribution in [0.5, 0.6) is 11.5 Å². The summed E-state index contributed by atoms with van der Waals surface area (Å²) in [5.41, 5.74) is 4.69. The van der Waals surface area contributed by atoms with E-state index in [1.807, 2.05) is 18.2 Å². The molecule has 0 atom stereocenters. The van der Waals surface area contributed by atoms with Crippen LogP contribution in [0.2, 0.25) is 0 Å². The summed E-state index contributed by atoms with van der Waals surface area (Å²) in [7, 11) is 3.40. The number of hydrogen-bond acceptors (Lipinski definition) is 2. The van der Waals surface area contributed by atoms with Crippen molar-refractivity contribution in [3.8, 4) is 22.6 Å². The highest BCUT2D eigenvalue weighted by atomic mass is 16.5. The highest BCUT2D eigenvalue weighted by Gasteiger charge is 2.10. The Morgan fingerprint density at radius 1 is 1.00 bits per heavy atom. The van der Waals surface area contributed by atoms with E-state index in [9.17, 15) is 0 Å². The van der Waals surface area contributed by atoms with E-state index in [4.69, 9.17) is 9.47 Å². The fourth-order valence-corrected chi connectivity index (χ4v) is 2.46. The van der Waals surface area contributed by atoms with Crippen molar-refractivity contribution in [1.82, 2.24) is 0 Å². The lowest BCUT2D eigenvalue weighted by Crippen LogP contribution is -1.94. The number of rotatable bonds is 6. The van der Waals surface area contributed by atoms with Gasteiger partial charge in [0.25, 0.3) is 0 Å². The van der Waals surface area contributed by atoms with Crippen LogP contribution < -0.4 is 9.47 Å². The summed E-state index contributed by atoms with van der Waals surface area (Å²) >= 11 is 0. The molecule has 2 aromatic rings. The first kappa shape index (κ1) is 15.2. The monoisotopic (exact) mass is 282 g/mol. The average Bonchev–Trinajstić information content (AvgIpc) is 2.54. The number of allylic oxidation sites excluding steroid dienone is 1. The topological polar surface area (TPSA) is 18.5 Å². The van der Waals surface area contributed by atoms with E-state index in [1.165, 1.54) is 5.56 Å². The molecule has 0 saturated carbocycles. The van der Waals surface area contributed by atoms with Gasteiger partial charge >= 0.3 is 0 Å². The maximum absolute atomic E-state index is 5.50. The summed E-state index contributed by atoms with van der Waals surface area (Å²) in [5, 5.41) is 0. The Morgan fingerprint density at radius 3 is 2.33 bits per heavy atom. The quantitative estimate of drug-likeness (QED) is 0.717. The molecule has 0 unspecified atom stereocenters. The highest BCUT2D eigenvalue weighted by molar-refractivity contribution is 5.72. The summed E-state index contributed by atoms with van der Waals surface area (Å²) in [6.45, 7) is 5.97. The number of ether oxygens (including phenoxy) is 2. The van der Waals surface area contributed by atoms with Gasteiger partial charge in [-0.25, -0.2) is 0 Å². The van der Waals surface area contributed by atoms with Crippen LogP contribution in [-0.2, 0) is 12.8 Å². The van der Waals surface area contributed by atoms with Gasteiger partial charge in [-0.1, -0.05) is 25.1 Å². The molecule has 0 fully saturated rings. The molecule has 0 aliphatic rings. The van der Waals surface area contributed by atoms with Crippen molar-refractivity contribution >= 4 is 0 Å². The molecule has 0 spiro atoms. The highest BCUT2D eigenvalue weighted by Crippen LogP contribution is 2.34. The van der Waals surface area contributed by atoms with E-state index >= 15 is 0 Å². The first-order valence-corrected chi connectivity index (χ1v) is 7.18. The maximum atomic E-state index is 5.50. The second-order valence-corrected chi connectivity index (χ2v) is 4.91. The van der Waals surface area contributed by atoms with Crippen molar-refractivity contribution in [1.29, 1.82) is 0 Å². The summed E-state index contributed by atoms with van der Waals surface area (Å²) in [6.07, 6.45) is 3.68. The number of benzene rings is 2. The van der Waals surface area contributed by atoms with Crippen LogP contribution in [0, 0.1) is 0 Å². The molecule has 110 valence electrons. The van der Waals surface area contributed by atoms with Gasteiger partial charge in [0.15, 0.2) is 0 Å². The molecule has 2 aromatic carbocycles. The molecular weight excluding hydrogens is 260 g/mol. The van der Waals surface area contributed by atoms with Crippen molar-refractivity contribution in [3.63, 3.8) is 0 Å². The van der Waals surface area contributed by atoms with Gasteiger partial charge in [-0.15, -0.1) is 6.58 Å². The van der Waals surface area contributed by atoms with Crippen molar-refractivity contribution in [3.05, 3.63) is 60.2 Å². The second kappa shape index (κ2) is 6.98. The maximum Gasteiger partial charge on any atom is 0.126 e.